The van der Waals surface area contributed by atoms with Crippen molar-refractivity contribution in [2.45, 2.75) is 64.1 Å². The molecule has 0 fully saturated rings. The van der Waals surface area contributed by atoms with Crippen LogP contribution in [0.25, 0.3) is 0 Å². The number of unbranched alkanes of at least 4 members (excludes halogenated alkanes) is 4. The molecule has 1 unspecified atom stereocenters. The smallest absolute Gasteiger partial charge is 0.222 e. The standard InChI is InChI=1S/C19H29N5O2/c1-15-23-13-17(14-24-15)16(12-18(25)26)8-5-3-2-4-6-9-20-19-21-10-7-11-22-19/h7,10-11,13-14,16,18,25-26H,2-6,8-9,12H2,1H3,(H,20,21,22). The van der Waals surface area contributed by atoms with Gasteiger partial charge in [-0.3, -0.25) is 0 Å². The number of rotatable bonds is 12. The first-order chi connectivity index (χ1) is 12.6. The molecule has 2 aromatic heterocycles. The quantitative estimate of drug-likeness (QED) is 0.395. The van der Waals surface area contributed by atoms with E-state index in [4.69, 9.17) is 0 Å². The van der Waals surface area contributed by atoms with Gasteiger partial charge in [-0.1, -0.05) is 25.7 Å². The highest BCUT2D eigenvalue weighted by molar-refractivity contribution is 5.21. The third-order valence-corrected chi connectivity index (χ3v) is 4.35. The Balaban J connectivity index is 1.60. The van der Waals surface area contributed by atoms with Gasteiger partial charge in [0, 0.05) is 37.8 Å². The summed E-state index contributed by atoms with van der Waals surface area (Å²) in [5, 5.41) is 21.9. The zero-order chi connectivity index (χ0) is 18.6. The van der Waals surface area contributed by atoms with Crippen molar-refractivity contribution < 1.29 is 10.2 Å². The van der Waals surface area contributed by atoms with Gasteiger partial charge in [-0.25, -0.2) is 19.9 Å². The second-order valence-electron chi connectivity index (χ2n) is 6.53. The van der Waals surface area contributed by atoms with E-state index in [1.165, 1.54) is 0 Å². The minimum atomic E-state index is -1.30. The highest BCUT2D eigenvalue weighted by atomic mass is 16.5. The third-order valence-electron chi connectivity index (χ3n) is 4.35. The van der Waals surface area contributed by atoms with Crippen molar-refractivity contribution in [2.75, 3.05) is 11.9 Å². The SMILES string of the molecule is Cc1ncc(C(CCCCCCCNc2ncccn2)CC(O)O)cn1. The zero-order valence-electron chi connectivity index (χ0n) is 15.4. The maximum atomic E-state index is 9.33. The molecule has 26 heavy (non-hydrogen) atoms. The lowest BCUT2D eigenvalue weighted by Gasteiger charge is -2.18. The van der Waals surface area contributed by atoms with Crippen LogP contribution in [0.4, 0.5) is 5.95 Å². The maximum absolute atomic E-state index is 9.33. The second-order valence-corrected chi connectivity index (χ2v) is 6.53. The molecule has 0 aliphatic heterocycles. The molecule has 0 aliphatic carbocycles. The van der Waals surface area contributed by atoms with Crippen molar-refractivity contribution in [2.24, 2.45) is 0 Å². The molecule has 0 amide bonds. The Hall–Kier alpha value is -2.12. The number of aryl methyl sites for hydroxylation is 1. The number of aliphatic hydroxyl groups excluding tert-OH is 1. The highest BCUT2D eigenvalue weighted by Gasteiger charge is 2.15. The number of aliphatic hydroxyl groups is 2. The van der Waals surface area contributed by atoms with Crippen molar-refractivity contribution >= 4 is 5.95 Å². The fourth-order valence-electron chi connectivity index (χ4n) is 2.93. The van der Waals surface area contributed by atoms with Gasteiger partial charge in [-0.05, 0) is 37.3 Å². The lowest BCUT2D eigenvalue weighted by atomic mass is 9.91. The zero-order valence-corrected chi connectivity index (χ0v) is 15.4. The van der Waals surface area contributed by atoms with Crippen LogP contribution in [0.3, 0.4) is 0 Å². The van der Waals surface area contributed by atoms with Crippen molar-refractivity contribution in [1.82, 2.24) is 19.9 Å². The summed E-state index contributed by atoms with van der Waals surface area (Å²) in [5.41, 5.74) is 0.982. The first-order valence-corrected chi connectivity index (χ1v) is 9.30. The van der Waals surface area contributed by atoms with Gasteiger partial charge in [0.05, 0.1) is 0 Å². The molecule has 2 rings (SSSR count). The molecule has 0 saturated heterocycles. The van der Waals surface area contributed by atoms with Gasteiger partial charge < -0.3 is 15.5 Å². The van der Waals surface area contributed by atoms with E-state index in [-0.39, 0.29) is 5.92 Å². The summed E-state index contributed by atoms with van der Waals surface area (Å²) in [5.74, 6) is 1.50. The van der Waals surface area contributed by atoms with E-state index in [0.717, 1.165) is 56.5 Å². The summed E-state index contributed by atoms with van der Waals surface area (Å²) in [6.07, 6.45) is 12.6. The molecule has 0 aromatic carbocycles. The molecule has 2 aromatic rings. The Morgan fingerprint density at radius 2 is 1.58 bits per heavy atom. The van der Waals surface area contributed by atoms with Crippen molar-refractivity contribution in [3.8, 4) is 0 Å². The average Bonchev–Trinajstić information content (AvgIpc) is 2.64. The molecule has 1 atom stereocenters. The van der Waals surface area contributed by atoms with Gasteiger partial charge in [0.15, 0.2) is 6.29 Å². The van der Waals surface area contributed by atoms with Crippen LogP contribution < -0.4 is 5.32 Å². The summed E-state index contributed by atoms with van der Waals surface area (Å²) >= 11 is 0. The van der Waals surface area contributed by atoms with Crippen LogP contribution in [0.2, 0.25) is 0 Å². The van der Waals surface area contributed by atoms with Crippen molar-refractivity contribution in [3.05, 3.63) is 42.2 Å². The Kier molecular flexibility index (Phi) is 8.92. The minimum absolute atomic E-state index is 0.0903. The molecule has 142 valence electrons. The summed E-state index contributed by atoms with van der Waals surface area (Å²) in [6.45, 7) is 2.72. The summed E-state index contributed by atoms with van der Waals surface area (Å²) in [6, 6.07) is 1.80. The summed E-state index contributed by atoms with van der Waals surface area (Å²) in [7, 11) is 0. The van der Waals surface area contributed by atoms with E-state index in [9.17, 15) is 10.2 Å². The molecule has 0 saturated carbocycles. The van der Waals surface area contributed by atoms with Gasteiger partial charge in [-0.15, -0.1) is 0 Å². The molecule has 0 radical (unpaired) electrons. The Morgan fingerprint density at radius 3 is 2.27 bits per heavy atom. The molecular formula is C19H29N5O2. The van der Waals surface area contributed by atoms with E-state index >= 15 is 0 Å². The van der Waals surface area contributed by atoms with E-state index in [1.807, 2.05) is 6.92 Å². The summed E-state index contributed by atoms with van der Waals surface area (Å²) < 4.78 is 0. The molecule has 0 aliphatic rings. The molecule has 0 spiro atoms. The molecule has 7 heteroatoms. The Morgan fingerprint density at radius 1 is 0.923 bits per heavy atom. The predicted octanol–water partition coefficient (Wildman–Crippen LogP) is 2.81. The first kappa shape index (κ1) is 20.2. The largest absolute Gasteiger partial charge is 0.368 e. The molecule has 2 heterocycles. The lowest BCUT2D eigenvalue weighted by molar-refractivity contribution is -0.0504. The monoisotopic (exact) mass is 359 g/mol. The van der Waals surface area contributed by atoms with Crippen LogP contribution in [0, 0.1) is 6.92 Å². The van der Waals surface area contributed by atoms with Gasteiger partial charge in [0.2, 0.25) is 5.95 Å². The molecular weight excluding hydrogens is 330 g/mol. The van der Waals surface area contributed by atoms with Crippen molar-refractivity contribution in [1.29, 1.82) is 0 Å². The van der Waals surface area contributed by atoms with Crippen LogP contribution in [0.15, 0.2) is 30.9 Å². The Bertz CT molecular complexity index is 607. The number of nitrogens with zero attached hydrogens (tertiary/aromatic N) is 4. The van der Waals surface area contributed by atoms with Gasteiger partial charge >= 0.3 is 0 Å². The van der Waals surface area contributed by atoms with E-state index < -0.39 is 6.29 Å². The number of hydrogen-bond acceptors (Lipinski definition) is 7. The average molecular weight is 359 g/mol. The lowest BCUT2D eigenvalue weighted by Crippen LogP contribution is -2.12. The van der Waals surface area contributed by atoms with E-state index in [2.05, 4.69) is 25.3 Å². The third kappa shape index (κ3) is 7.84. The van der Waals surface area contributed by atoms with Crippen LogP contribution in [-0.4, -0.2) is 43.0 Å². The van der Waals surface area contributed by atoms with E-state index in [0.29, 0.717) is 12.4 Å². The topological polar surface area (TPSA) is 104 Å². The fourth-order valence-corrected chi connectivity index (χ4v) is 2.93. The number of aromatic nitrogens is 4. The normalized spacial score (nSPS) is 12.3. The highest BCUT2D eigenvalue weighted by Crippen LogP contribution is 2.26. The van der Waals surface area contributed by atoms with Gasteiger partial charge in [0.1, 0.15) is 5.82 Å². The predicted molar refractivity (Wildman–Crippen MR) is 101 cm³/mol. The van der Waals surface area contributed by atoms with Crippen molar-refractivity contribution in [3.63, 3.8) is 0 Å². The first-order valence-electron chi connectivity index (χ1n) is 9.30. The van der Waals surface area contributed by atoms with Crippen LogP contribution in [-0.2, 0) is 0 Å². The molecule has 0 bridgehead atoms. The van der Waals surface area contributed by atoms with Crippen LogP contribution in [0.1, 0.15) is 62.3 Å². The summed E-state index contributed by atoms with van der Waals surface area (Å²) in [4.78, 5) is 16.7. The maximum Gasteiger partial charge on any atom is 0.222 e. The fraction of sp³-hybridized carbons (Fsp3) is 0.579. The van der Waals surface area contributed by atoms with Crippen LogP contribution in [0.5, 0.6) is 0 Å². The number of hydrogen-bond donors (Lipinski definition) is 3. The Labute approximate surface area is 155 Å². The van der Waals surface area contributed by atoms with Gasteiger partial charge in [-0.2, -0.15) is 0 Å². The van der Waals surface area contributed by atoms with E-state index in [1.54, 1.807) is 30.9 Å². The molecule has 3 N–H and O–H groups in total. The minimum Gasteiger partial charge on any atom is -0.368 e. The van der Waals surface area contributed by atoms with Gasteiger partial charge in [0.25, 0.3) is 0 Å². The number of anilines is 1. The second kappa shape index (κ2) is 11.5. The van der Waals surface area contributed by atoms with Crippen LogP contribution >= 0.6 is 0 Å². The molecule has 7 nitrogen and oxygen atoms in total. The number of nitrogens with one attached hydrogen (secondary N) is 1.